The van der Waals surface area contributed by atoms with E-state index in [0.29, 0.717) is 11.8 Å². The fourth-order valence-electron chi connectivity index (χ4n) is 1.06. The lowest BCUT2D eigenvalue weighted by atomic mass is 10.3. The van der Waals surface area contributed by atoms with Crippen molar-refractivity contribution in [3.63, 3.8) is 0 Å². The van der Waals surface area contributed by atoms with Crippen LogP contribution in [0.1, 0.15) is 16.5 Å². The van der Waals surface area contributed by atoms with Crippen molar-refractivity contribution in [2.75, 3.05) is 18.9 Å². The van der Waals surface area contributed by atoms with Gasteiger partial charge in [0.2, 0.25) is 0 Å². The Kier molecular flexibility index (Phi) is 5.89. The number of thioether (sulfide) groups is 1. The predicted molar refractivity (Wildman–Crippen MR) is 65.3 cm³/mol. The summed E-state index contributed by atoms with van der Waals surface area (Å²) in [6, 6.07) is 3.92. The highest BCUT2D eigenvalue weighted by molar-refractivity contribution is 7.99. The molecule has 3 N–H and O–H groups in total. The molecule has 80 valence electrons. The van der Waals surface area contributed by atoms with E-state index in [9.17, 15) is 0 Å². The molecule has 0 aromatic carbocycles. The molecule has 0 aliphatic carbocycles. The molecule has 0 aliphatic rings. The van der Waals surface area contributed by atoms with Gasteiger partial charge in [0.05, 0.1) is 9.59 Å². The molecule has 0 saturated heterocycles. The smallest absolute Gasteiger partial charge is 0.0931 e. The van der Waals surface area contributed by atoms with E-state index in [1.807, 2.05) is 12.1 Å². The molecule has 2 nitrogen and oxygen atoms in total. The molecule has 14 heavy (non-hydrogen) atoms. The summed E-state index contributed by atoms with van der Waals surface area (Å²) < 4.78 is 0.807. The minimum Gasteiger partial charge on any atom is -0.396 e. The van der Waals surface area contributed by atoms with Crippen LogP contribution in [-0.2, 0) is 0 Å². The average molecular weight is 252 g/mol. The monoisotopic (exact) mass is 251 g/mol. The van der Waals surface area contributed by atoms with Gasteiger partial charge in [0.15, 0.2) is 0 Å². The number of hydrogen-bond donors (Lipinski definition) is 2. The minimum atomic E-state index is 0.246. The number of nitrogens with two attached hydrogens (primary N) is 1. The molecule has 1 aromatic heterocycles. The minimum absolute atomic E-state index is 0.246. The maximum absolute atomic E-state index is 8.66. The standard InChI is InChI=1S/C9H14ClNOS2/c10-9-3-2-7(14-9)8(6-11)13-5-1-4-12/h2-3,8,12H,1,4-6,11H2. The van der Waals surface area contributed by atoms with Crippen LogP contribution >= 0.6 is 34.7 Å². The number of aliphatic hydroxyl groups is 1. The van der Waals surface area contributed by atoms with Crippen LogP contribution in [0.15, 0.2) is 12.1 Å². The first kappa shape index (κ1) is 12.3. The first-order valence-corrected chi connectivity index (χ1v) is 6.70. The lowest BCUT2D eigenvalue weighted by Crippen LogP contribution is -2.08. The lowest BCUT2D eigenvalue weighted by Gasteiger charge is -2.11. The molecule has 0 bridgehead atoms. The number of aliphatic hydroxyl groups excluding tert-OH is 1. The zero-order valence-corrected chi connectivity index (χ0v) is 10.2. The molecule has 1 aromatic rings. The van der Waals surface area contributed by atoms with E-state index in [2.05, 4.69) is 0 Å². The van der Waals surface area contributed by atoms with Crippen LogP contribution in [0.3, 0.4) is 0 Å². The van der Waals surface area contributed by atoms with Crippen molar-refractivity contribution in [1.82, 2.24) is 0 Å². The van der Waals surface area contributed by atoms with E-state index in [4.69, 9.17) is 22.4 Å². The zero-order valence-electron chi connectivity index (χ0n) is 7.78. The van der Waals surface area contributed by atoms with Crippen molar-refractivity contribution in [2.24, 2.45) is 5.73 Å². The molecule has 0 saturated carbocycles. The lowest BCUT2D eigenvalue weighted by molar-refractivity contribution is 0.296. The SMILES string of the molecule is NCC(SCCCO)c1ccc(Cl)s1. The van der Waals surface area contributed by atoms with Crippen molar-refractivity contribution in [1.29, 1.82) is 0 Å². The van der Waals surface area contributed by atoms with Gasteiger partial charge in [-0.3, -0.25) is 0 Å². The van der Waals surface area contributed by atoms with E-state index >= 15 is 0 Å². The number of hydrogen-bond acceptors (Lipinski definition) is 4. The van der Waals surface area contributed by atoms with Crippen LogP contribution in [0.25, 0.3) is 0 Å². The quantitative estimate of drug-likeness (QED) is 0.764. The molecule has 0 radical (unpaired) electrons. The van der Waals surface area contributed by atoms with Gasteiger partial charge >= 0.3 is 0 Å². The fraction of sp³-hybridized carbons (Fsp3) is 0.556. The van der Waals surface area contributed by atoms with Gasteiger partial charge in [0.25, 0.3) is 0 Å². The molecule has 0 fully saturated rings. The third kappa shape index (κ3) is 3.79. The second-order valence-electron chi connectivity index (χ2n) is 2.81. The molecular weight excluding hydrogens is 238 g/mol. The Morgan fingerprint density at radius 2 is 2.36 bits per heavy atom. The van der Waals surface area contributed by atoms with Gasteiger partial charge in [-0.25, -0.2) is 0 Å². The first-order chi connectivity index (χ1) is 6.77. The summed E-state index contributed by atoms with van der Waals surface area (Å²) in [7, 11) is 0. The van der Waals surface area contributed by atoms with Crippen LogP contribution < -0.4 is 5.73 Å². The number of thiophene rings is 1. The summed E-state index contributed by atoms with van der Waals surface area (Å²) in [5.41, 5.74) is 5.68. The summed E-state index contributed by atoms with van der Waals surface area (Å²) in [5.74, 6) is 0.938. The molecule has 5 heteroatoms. The van der Waals surface area contributed by atoms with Crippen molar-refractivity contribution in [3.05, 3.63) is 21.3 Å². The largest absolute Gasteiger partial charge is 0.396 e. The average Bonchev–Trinajstić information content (AvgIpc) is 2.60. The summed E-state index contributed by atoms with van der Waals surface area (Å²) in [4.78, 5) is 1.22. The van der Waals surface area contributed by atoms with Gasteiger partial charge < -0.3 is 10.8 Å². The summed E-state index contributed by atoms with van der Waals surface area (Å²) in [6.07, 6.45) is 0.820. The van der Waals surface area contributed by atoms with Crippen LogP contribution in [0.4, 0.5) is 0 Å². The van der Waals surface area contributed by atoms with Gasteiger partial charge in [0, 0.05) is 18.0 Å². The molecule has 0 amide bonds. The third-order valence-electron chi connectivity index (χ3n) is 1.75. The van der Waals surface area contributed by atoms with Gasteiger partial charge in [-0.1, -0.05) is 11.6 Å². The van der Waals surface area contributed by atoms with Crippen molar-refractivity contribution < 1.29 is 5.11 Å². The van der Waals surface area contributed by atoms with Gasteiger partial charge in [-0.15, -0.1) is 11.3 Å². The Hall–Kier alpha value is 0.260. The molecule has 1 atom stereocenters. The van der Waals surface area contributed by atoms with E-state index < -0.39 is 0 Å². The fourth-order valence-corrected chi connectivity index (χ4v) is 3.42. The zero-order chi connectivity index (χ0) is 10.4. The van der Waals surface area contributed by atoms with Gasteiger partial charge in [-0.05, 0) is 24.3 Å². The first-order valence-electron chi connectivity index (χ1n) is 4.45. The van der Waals surface area contributed by atoms with E-state index in [-0.39, 0.29) is 6.61 Å². The Labute approximate surface area is 97.5 Å². The highest BCUT2D eigenvalue weighted by atomic mass is 35.5. The highest BCUT2D eigenvalue weighted by Gasteiger charge is 2.11. The van der Waals surface area contributed by atoms with E-state index in [0.717, 1.165) is 16.5 Å². The van der Waals surface area contributed by atoms with Crippen LogP contribution in [-0.4, -0.2) is 24.0 Å². The van der Waals surface area contributed by atoms with Gasteiger partial charge in [-0.2, -0.15) is 11.8 Å². The van der Waals surface area contributed by atoms with Crippen molar-refractivity contribution in [2.45, 2.75) is 11.7 Å². The molecular formula is C9H14ClNOS2. The summed E-state index contributed by atoms with van der Waals surface area (Å²) in [6.45, 7) is 0.864. The predicted octanol–water partition coefficient (Wildman–Crippen LogP) is 2.52. The molecule has 0 spiro atoms. The molecule has 1 heterocycles. The second kappa shape index (κ2) is 6.69. The van der Waals surface area contributed by atoms with Crippen molar-refractivity contribution >= 4 is 34.7 Å². The topological polar surface area (TPSA) is 46.2 Å². The highest BCUT2D eigenvalue weighted by Crippen LogP contribution is 2.34. The Morgan fingerprint density at radius 1 is 1.57 bits per heavy atom. The van der Waals surface area contributed by atoms with Crippen LogP contribution in [0.2, 0.25) is 4.34 Å². The number of rotatable bonds is 6. The molecule has 1 unspecified atom stereocenters. The van der Waals surface area contributed by atoms with Crippen LogP contribution in [0.5, 0.6) is 0 Å². The van der Waals surface area contributed by atoms with Crippen LogP contribution in [0, 0.1) is 0 Å². The summed E-state index contributed by atoms with van der Waals surface area (Å²) >= 11 is 9.21. The summed E-state index contributed by atoms with van der Waals surface area (Å²) in [5, 5.41) is 8.98. The number of halogens is 1. The Bertz CT molecular complexity index is 267. The Balaban J connectivity index is 2.45. The van der Waals surface area contributed by atoms with E-state index in [1.165, 1.54) is 4.88 Å². The maximum Gasteiger partial charge on any atom is 0.0931 e. The van der Waals surface area contributed by atoms with Gasteiger partial charge in [0.1, 0.15) is 0 Å². The molecule has 1 rings (SSSR count). The third-order valence-corrected chi connectivity index (χ3v) is 4.61. The van der Waals surface area contributed by atoms with Crippen molar-refractivity contribution in [3.8, 4) is 0 Å². The van der Waals surface area contributed by atoms with E-state index in [1.54, 1.807) is 23.1 Å². The normalized spacial score (nSPS) is 13.1. The maximum atomic E-state index is 8.66. The second-order valence-corrected chi connectivity index (χ2v) is 5.87. The molecule has 0 aliphatic heterocycles. The Morgan fingerprint density at radius 3 is 2.86 bits per heavy atom.